The zero-order valence-corrected chi connectivity index (χ0v) is 15.2. The Morgan fingerprint density at radius 3 is 1.93 bits per heavy atom. The lowest BCUT2D eigenvalue weighted by atomic mass is 10.1. The zero-order chi connectivity index (χ0) is 20.1. The van der Waals surface area contributed by atoms with Crippen LogP contribution in [-0.2, 0) is 11.4 Å². The molecule has 0 atom stereocenters. The van der Waals surface area contributed by atoms with Crippen molar-refractivity contribution in [1.82, 2.24) is 0 Å². The number of rotatable bonds is 7. The third kappa shape index (κ3) is 4.81. The molecule has 0 aliphatic carbocycles. The van der Waals surface area contributed by atoms with Gasteiger partial charge in [0.15, 0.2) is 28.1 Å². The monoisotopic (exact) mass is 427 g/mol. The zero-order valence-electron chi connectivity index (χ0n) is 13.7. The number of hydrogen-bond donors (Lipinski definition) is 0. The van der Waals surface area contributed by atoms with Gasteiger partial charge in [-0.2, -0.15) is 0 Å². The average Bonchev–Trinajstić information content (AvgIpc) is 2.65. The van der Waals surface area contributed by atoms with Crippen LogP contribution in [0.1, 0.15) is 18.1 Å². The van der Waals surface area contributed by atoms with Crippen molar-refractivity contribution in [1.29, 1.82) is 0 Å². The van der Waals surface area contributed by atoms with E-state index in [1.165, 1.54) is 0 Å². The summed E-state index contributed by atoms with van der Waals surface area (Å²) in [5.41, 5.74) is -0.780. The maximum absolute atomic E-state index is 13.6. The summed E-state index contributed by atoms with van der Waals surface area (Å²) in [6.45, 7) is 1.24. The van der Waals surface area contributed by atoms with Crippen LogP contribution in [-0.4, -0.2) is 17.2 Å². The molecule has 0 N–H and O–H groups in total. The normalized spacial score (nSPS) is 11.8. The third-order valence-electron chi connectivity index (χ3n) is 3.34. The Morgan fingerprint density at radius 1 is 0.926 bits per heavy atom. The van der Waals surface area contributed by atoms with Crippen LogP contribution in [0.3, 0.4) is 0 Å². The Hall–Kier alpha value is -2.06. The largest absolute Gasteiger partial charge is 0.494 e. The first-order valence-electron chi connectivity index (χ1n) is 7.49. The molecule has 0 aliphatic heterocycles. The van der Waals surface area contributed by atoms with Gasteiger partial charge in [0, 0.05) is 5.56 Å². The fourth-order valence-electron chi connectivity index (χ4n) is 2.05. The first-order chi connectivity index (χ1) is 12.8. The molecule has 10 heteroatoms. The van der Waals surface area contributed by atoms with E-state index in [0.29, 0.717) is 17.9 Å². The first kappa shape index (κ1) is 21.2. The number of halogens is 7. The second-order valence-corrected chi connectivity index (χ2v) is 6.15. The van der Waals surface area contributed by atoms with E-state index in [4.69, 9.17) is 32.8 Å². The Balaban J connectivity index is 2.24. The maximum Gasteiger partial charge on any atom is 0.200 e. The van der Waals surface area contributed by atoms with Crippen molar-refractivity contribution in [2.45, 2.75) is 18.4 Å². The van der Waals surface area contributed by atoms with Gasteiger partial charge >= 0.3 is 0 Å². The average molecular weight is 428 g/mol. The van der Waals surface area contributed by atoms with E-state index < -0.39 is 46.1 Å². The molecule has 0 unspecified atom stereocenters. The Morgan fingerprint density at radius 2 is 1.44 bits per heavy atom. The molecule has 0 aromatic heterocycles. The molecule has 2 aromatic carbocycles. The minimum absolute atomic E-state index is 0.0229. The summed E-state index contributed by atoms with van der Waals surface area (Å²) in [5, 5.41) is 3.57. The SMILES string of the molecule is CCOc1ccc(C(=NOCc2c(F)c(F)c(F)c(F)c2F)C(Cl)Cl)cc1. The fourth-order valence-corrected chi connectivity index (χ4v) is 2.38. The molecule has 3 nitrogen and oxygen atoms in total. The molecule has 0 saturated carbocycles. The second kappa shape index (κ2) is 9.23. The molecule has 0 radical (unpaired) electrons. The highest BCUT2D eigenvalue weighted by Crippen LogP contribution is 2.24. The summed E-state index contributed by atoms with van der Waals surface area (Å²) in [6.07, 6.45) is 0. The van der Waals surface area contributed by atoms with Gasteiger partial charge < -0.3 is 9.57 Å². The Labute approximate surface area is 161 Å². The maximum atomic E-state index is 13.6. The molecule has 0 heterocycles. The van der Waals surface area contributed by atoms with Crippen molar-refractivity contribution < 1.29 is 31.5 Å². The number of hydrogen-bond acceptors (Lipinski definition) is 3. The smallest absolute Gasteiger partial charge is 0.200 e. The molecule has 0 saturated heterocycles. The van der Waals surface area contributed by atoms with Crippen molar-refractivity contribution in [2.24, 2.45) is 5.16 Å². The fraction of sp³-hybridized carbons (Fsp3) is 0.235. The minimum Gasteiger partial charge on any atom is -0.494 e. The van der Waals surface area contributed by atoms with E-state index in [1.54, 1.807) is 24.3 Å². The Kier molecular flexibility index (Phi) is 7.26. The number of benzene rings is 2. The minimum atomic E-state index is -2.26. The summed E-state index contributed by atoms with van der Waals surface area (Å²) in [6, 6.07) is 6.33. The standard InChI is InChI=1S/C17H12Cl2F5NO2/c1-2-26-9-5-3-8(4-6-9)16(17(18)19)25-27-7-10-11(20)13(22)15(24)14(23)12(10)21/h3-6,17H,2,7H2,1H3. The molecule has 27 heavy (non-hydrogen) atoms. The lowest BCUT2D eigenvalue weighted by Crippen LogP contribution is -2.12. The molecule has 0 amide bonds. The predicted octanol–water partition coefficient (Wildman–Crippen LogP) is 5.51. The van der Waals surface area contributed by atoms with E-state index in [2.05, 4.69) is 5.16 Å². The van der Waals surface area contributed by atoms with Gasteiger partial charge in [0.1, 0.15) is 18.1 Å². The summed E-state index contributed by atoms with van der Waals surface area (Å²) in [4.78, 5) is 3.56. The van der Waals surface area contributed by atoms with E-state index >= 15 is 0 Å². The molecular formula is C17H12Cl2F5NO2. The molecule has 0 aliphatic rings. The van der Waals surface area contributed by atoms with Crippen molar-refractivity contribution in [3.63, 3.8) is 0 Å². The van der Waals surface area contributed by atoms with Crippen LogP contribution in [0.4, 0.5) is 22.0 Å². The van der Waals surface area contributed by atoms with Gasteiger partial charge in [0.2, 0.25) is 5.82 Å². The lowest BCUT2D eigenvalue weighted by molar-refractivity contribution is 0.123. The van der Waals surface area contributed by atoms with Crippen molar-refractivity contribution in [3.05, 3.63) is 64.5 Å². The molecule has 0 spiro atoms. The number of alkyl halides is 2. The molecule has 2 aromatic rings. The van der Waals surface area contributed by atoms with Crippen LogP contribution in [0.2, 0.25) is 0 Å². The van der Waals surface area contributed by atoms with Crippen molar-refractivity contribution in [3.8, 4) is 5.75 Å². The summed E-state index contributed by atoms with van der Waals surface area (Å²) in [7, 11) is 0. The molecule has 0 fully saturated rings. The van der Waals surface area contributed by atoms with E-state index in [1.807, 2.05) is 6.92 Å². The van der Waals surface area contributed by atoms with Crippen LogP contribution in [0.15, 0.2) is 29.4 Å². The van der Waals surface area contributed by atoms with Crippen LogP contribution in [0.25, 0.3) is 0 Å². The quantitative estimate of drug-likeness (QED) is 0.146. The topological polar surface area (TPSA) is 30.8 Å². The van der Waals surface area contributed by atoms with Crippen LogP contribution in [0, 0.1) is 29.1 Å². The number of nitrogens with zero attached hydrogens (tertiary/aromatic N) is 1. The van der Waals surface area contributed by atoms with Crippen molar-refractivity contribution in [2.75, 3.05) is 6.61 Å². The van der Waals surface area contributed by atoms with E-state index in [9.17, 15) is 22.0 Å². The van der Waals surface area contributed by atoms with Gasteiger partial charge in [-0.05, 0) is 31.2 Å². The first-order valence-corrected chi connectivity index (χ1v) is 8.36. The van der Waals surface area contributed by atoms with E-state index in [0.717, 1.165) is 0 Å². The molecule has 146 valence electrons. The van der Waals surface area contributed by atoms with Gasteiger partial charge in [0.25, 0.3) is 0 Å². The third-order valence-corrected chi connectivity index (χ3v) is 3.75. The lowest BCUT2D eigenvalue weighted by Gasteiger charge is -2.10. The highest BCUT2D eigenvalue weighted by atomic mass is 35.5. The second-order valence-electron chi connectivity index (χ2n) is 5.06. The van der Waals surface area contributed by atoms with Gasteiger partial charge in [-0.3, -0.25) is 0 Å². The van der Waals surface area contributed by atoms with Crippen LogP contribution in [0.5, 0.6) is 5.75 Å². The van der Waals surface area contributed by atoms with Gasteiger partial charge in [-0.15, -0.1) is 0 Å². The van der Waals surface area contributed by atoms with Crippen LogP contribution >= 0.6 is 23.2 Å². The summed E-state index contributed by atoms with van der Waals surface area (Å²) < 4.78 is 71.9. The molecule has 0 bridgehead atoms. The van der Waals surface area contributed by atoms with Gasteiger partial charge in [0.05, 0.1) is 12.2 Å². The van der Waals surface area contributed by atoms with Crippen molar-refractivity contribution >= 4 is 28.9 Å². The van der Waals surface area contributed by atoms with Gasteiger partial charge in [-0.1, -0.05) is 28.4 Å². The van der Waals surface area contributed by atoms with E-state index in [-0.39, 0.29) is 5.71 Å². The molecule has 2 rings (SSSR count). The van der Waals surface area contributed by atoms with Crippen LogP contribution < -0.4 is 4.74 Å². The number of oxime groups is 1. The highest BCUT2D eigenvalue weighted by Gasteiger charge is 2.26. The summed E-state index contributed by atoms with van der Waals surface area (Å²) in [5.74, 6) is -9.83. The predicted molar refractivity (Wildman–Crippen MR) is 90.7 cm³/mol. The molecular weight excluding hydrogens is 416 g/mol. The highest BCUT2D eigenvalue weighted by molar-refractivity contribution is 6.56. The number of ether oxygens (including phenoxy) is 1. The Bertz CT molecular complexity index is 815. The summed E-state index contributed by atoms with van der Waals surface area (Å²) >= 11 is 11.6. The van der Waals surface area contributed by atoms with Gasteiger partial charge in [-0.25, -0.2) is 22.0 Å².